The molecule has 0 spiro atoms. The first-order valence-electron chi connectivity index (χ1n) is 10.9. The van der Waals surface area contributed by atoms with E-state index in [0.29, 0.717) is 12.5 Å². The van der Waals surface area contributed by atoms with Gasteiger partial charge in [-0.25, -0.2) is 0 Å². The van der Waals surface area contributed by atoms with Crippen LogP contribution in [-0.2, 0) is 17.7 Å². The van der Waals surface area contributed by atoms with Crippen LogP contribution in [0.2, 0.25) is 0 Å². The van der Waals surface area contributed by atoms with Crippen LogP contribution in [0.3, 0.4) is 0 Å². The number of hydrogen-bond donors (Lipinski definition) is 1. The molecule has 0 atom stereocenters. The lowest BCUT2D eigenvalue weighted by Gasteiger charge is -2.26. The van der Waals surface area contributed by atoms with Crippen LogP contribution in [-0.4, -0.2) is 42.3 Å². The SMILES string of the molecule is COc1ccc(-c2c3c(n(CC4CCOCC4)c2-c2ccncc2)CCNC3=O)cc1. The van der Waals surface area contributed by atoms with E-state index in [9.17, 15) is 4.79 Å². The zero-order valence-corrected chi connectivity index (χ0v) is 17.8. The predicted molar refractivity (Wildman–Crippen MR) is 119 cm³/mol. The molecule has 1 N–H and O–H groups in total. The molecule has 31 heavy (non-hydrogen) atoms. The maximum Gasteiger partial charge on any atom is 0.253 e. The Morgan fingerprint density at radius 2 is 1.81 bits per heavy atom. The molecule has 1 aromatic carbocycles. The molecule has 0 bridgehead atoms. The molecule has 1 fully saturated rings. The number of hydrogen-bond acceptors (Lipinski definition) is 4. The summed E-state index contributed by atoms with van der Waals surface area (Å²) >= 11 is 0. The van der Waals surface area contributed by atoms with Crippen LogP contribution < -0.4 is 10.1 Å². The summed E-state index contributed by atoms with van der Waals surface area (Å²) in [6.07, 6.45) is 6.56. The fourth-order valence-corrected chi connectivity index (χ4v) is 4.79. The molecule has 0 aliphatic carbocycles. The molecule has 4 heterocycles. The lowest BCUT2D eigenvalue weighted by molar-refractivity contribution is 0.0611. The van der Waals surface area contributed by atoms with Crippen LogP contribution >= 0.6 is 0 Å². The summed E-state index contributed by atoms with van der Waals surface area (Å²) in [6, 6.07) is 12.1. The maximum atomic E-state index is 13.1. The summed E-state index contributed by atoms with van der Waals surface area (Å²) in [5, 5.41) is 3.06. The molecule has 0 saturated carbocycles. The van der Waals surface area contributed by atoms with Crippen molar-refractivity contribution < 1.29 is 14.3 Å². The van der Waals surface area contributed by atoms with Crippen LogP contribution in [0.1, 0.15) is 28.9 Å². The number of aromatic nitrogens is 2. The molecule has 0 radical (unpaired) electrons. The molecular formula is C25H27N3O3. The Hall–Kier alpha value is -3.12. The van der Waals surface area contributed by atoms with Gasteiger partial charge in [-0.2, -0.15) is 0 Å². The number of nitrogens with zero attached hydrogens (tertiary/aromatic N) is 2. The molecule has 2 aromatic heterocycles. The van der Waals surface area contributed by atoms with Crippen molar-refractivity contribution in [2.24, 2.45) is 5.92 Å². The van der Waals surface area contributed by atoms with E-state index in [4.69, 9.17) is 9.47 Å². The van der Waals surface area contributed by atoms with E-state index in [1.165, 1.54) is 0 Å². The number of amides is 1. The molecular weight excluding hydrogens is 390 g/mol. The molecule has 1 saturated heterocycles. The molecule has 2 aliphatic rings. The fourth-order valence-electron chi connectivity index (χ4n) is 4.79. The van der Waals surface area contributed by atoms with Crippen molar-refractivity contribution in [2.45, 2.75) is 25.8 Å². The van der Waals surface area contributed by atoms with Gasteiger partial charge in [-0.1, -0.05) is 12.1 Å². The van der Waals surface area contributed by atoms with Crippen LogP contribution in [0, 0.1) is 5.92 Å². The van der Waals surface area contributed by atoms with Crippen molar-refractivity contribution in [1.82, 2.24) is 14.9 Å². The van der Waals surface area contributed by atoms with Gasteiger partial charge in [0, 0.05) is 61.9 Å². The van der Waals surface area contributed by atoms with Gasteiger partial charge in [-0.05, 0) is 48.6 Å². The maximum absolute atomic E-state index is 13.1. The molecule has 0 unspecified atom stereocenters. The van der Waals surface area contributed by atoms with E-state index in [2.05, 4.69) is 14.9 Å². The van der Waals surface area contributed by atoms with Crippen LogP contribution in [0.4, 0.5) is 0 Å². The molecule has 6 nitrogen and oxygen atoms in total. The molecule has 2 aliphatic heterocycles. The third-order valence-electron chi connectivity index (χ3n) is 6.36. The third kappa shape index (κ3) is 3.72. The van der Waals surface area contributed by atoms with E-state index in [1.807, 2.05) is 48.8 Å². The van der Waals surface area contributed by atoms with Gasteiger partial charge in [0.1, 0.15) is 5.75 Å². The molecule has 3 aromatic rings. The first kappa shape index (κ1) is 19.8. The topological polar surface area (TPSA) is 65.4 Å². The molecule has 160 valence electrons. The fraction of sp³-hybridized carbons (Fsp3) is 0.360. The number of benzene rings is 1. The lowest BCUT2D eigenvalue weighted by atomic mass is 9.95. The van der Waals surface area contributed by atoms with Gasteiger partial charge < -0.3 is 19.4 Å². The predicted octanol–water partition coefficient (Wildman–Crippen LogP) is 3.94. The summed E-state index contributed by atoms with van der Waals surface area (Å²) in [5.41, 5.74) is 6.12. The van der Waals surface area contributed by atoms with Gasteiger partial charge in [0.2, 0.25) is 0 Å². The van der Waals surface area contributed by atoms with Crippen LogP contribution in [0.25, 0.3) is 22.4 Å². The van der Waals surface area contributed by atoms with Gasteiger partial charge in [0.15, 0.2) is 0 Å². The largest absolute Gasteiger partial charge is 0.497 e. The highest BCUT2D eigenvalue weighted by Gasteiger charge is 2.32. The van der Waals surface area contributed by atoms with Crippen molar-refractivity contribution in [2.75, 3.05) is 26.9 Å². The minimum atomic E-state index is 0.00750. The van der Waals surface area contributed by atoms with Crippen molar-refractivity contribution in [3.05, 3.63) is 60.0 Å². The normalized spacial score (nSPS) is 16.6. The lowest BCUT2D eigenvalue weighted by Crippen LogP contribution is -2.33. The second kappa shape index (κ2) is 8.55. The summed E-state index contributed by atoms with van der Waals surface area (Å²) in [5.74, 6) is 1.35. The summed E-state index contributed by atoms with van der Waals surface area (Å²) < 4.78 is 13.3. The van der Waals surface area contributed by atoms with E-state index in [0.717, 1.165) is 78.4 Å². The first-order chi connectivity index (χ1) is 15.3. The van der Waals surface area contributed by atoms with Crippen LogP contribution in [0.15, 0.2) is 48.8 Å². The molecule has 5 rings (SSSR count). The number of nitrogens with one attached hydrogen (secondary N) is 1. The number of pyridine rings is 1. The number of ether oxygens (including phenoxy) is 2. The average Bonchev–Trinajstić information content (AvgIpc) is 3.15. The first-order valence-corrected chi connectivity index (χ1v) is 10.9. The Morgan fingerprint density at radius 3 is 2.52 bits per heavy atom. The van der Waals surface area contributed by atoms with E-state index in [-0.39, 0.29) is 5.91 Å². The minimum absolute atomic E-state index is 0.00750. The summed E-state index contributed by atoms with van der Waals surface area (Å²) in [7, 11) is 1.66. The van der Waals surface area contributed by atoms with Gasteiger partial charge >= 0.3 is 0 Å². The number of carbonyl (C=O) groups excluding carboxylic acids is 1. The van der Waals surface area contributed by atoms with Crippen molar-refractivity contribution >= 4 is 5.91 Å². The van der Waals surface area contributed by atoms with Crippen molar-refractivity contribution in [3.63, 3.8) is 0 Å². The highest BCUT2D eigenvalue weighted by molar-refractivity contribution is 6.07. The number of methoxy groups -OCH3 is 1. The highest BCUT2D eigenvalue weighted by atomic mass is 16.5. The highest BCUT2D eigenvalue weighted by Crippen LogP contribution is 2.41. The molecule has 1 amide bonds. The van der Waals surface area contributed by atoms with Gasteiger partial charge in [0.25, 0.3) is 5.91 Å². The Morgan fingerprint density at radius 1 is 1.06 bits per heavy atom. The summed E-state index contributed by atoms with van der Waals surface area (Å²) in [4.78, 5) is 17.3. The standard InChI is InChI=1S/C25H27N3O3/c1-30-20-4-2-18(3-5-20)22-23-21(8-13-27-25(23)29)28(16-17-9-14-31-15-10-17)24(22)19-6-11-26-12-7-19/h2-7,11-12,17H,8-10,13-16H2,1H3,(H,27,29). The Kier molecular flexibility index (Phi) is 5.47. The second-order valence-electron chi connectivity index (χ2n) is 8.18. The Labute approximate surface area is 182 Å². The quantitative estimate of drug-likeness (QED) is 0.683. The third-order valence-corrected chi connectivity index (χ3v) is 6.36. The number of carbonyl (C=O) groups is 1. The minimum Gasteiger partial charge on any atom is -0.497 e. The van der Waals surface area contributed by atoms with Crippen molar-refractivity contribution in [1.29, 1.82) is 0 Å². The number of fused-ring (bicyclic) bond motifs is 1. The van der Waals surface area contributed by atoms with E-state index >= 15 is 0 Å². The Bertz CT molecular complexity index is 1070. The van der Waals surface area contributed by atoms with Crippen molar-refractivity contribution in [3.8, 4) is 28.1 Å². The average molecular weight is 418 g/mol. The zero-order chi connectivity index (χ0) is 21.2. The van der Waals surface area contributed by atoms with Crippen LogP contribution in [0.5, 0.6) is 5.75 Å². The van der Waals surface area contributed by atoms with Gasteiger partial charge in [0.05, 0.1) is 18.4 Å². The second-order valence-corrected chi connectivity index (χ2v) is 8.18. The summed E-state index contributed by atoms with van der Waals surface area (Å²) in [6.45, 7) is 3.18. The van der Waals surface area contributed by atoms with E-state index < -0.39 is 0 Å². The van der Waals surface area contributed by atoms with E-state index in [1.54, 1.807) is 7.11 Å². The monoisotopic (exact) mass is 417 g/mol. The Balaban J connectivity index is 1.74. The smallest absolute Gasteiger partial charge is 0.253 e. The zero-order valence-electron chi connectivity index (χ0n) is 17.8. The molecule has 6 heteroatoms. The van der Waals surface area contributed by atoms with Gasteiger partial charge in [-0.15, -0.1) is 0 Å². The van der Waals surface area contributed by atoms with Gasteiger partial charge in [-0.3, -0.25) is 9.78 Å². The number of rotatable bonds is 5.